The van der Waals surface area contributed by atoms with E-state index in [2.05, 4.69) is 5.32 Å². The van der Waals surface area contributed by atoms with Crippen molar-refractivity contribution in [1.82, 2.24) is 15.1 Å². The van der Waals surface area contributed by atoms with Gasteiger partial charge < -0.3 is 26.0 Å². The molecule has 0 radical (unpaired) electrons. The minimum atomic E-state index is -0.598. The number of carbonyl (C=O) groups is 3. The van der Waals surface area contributed by atoms with Crippen molar-refractivity contribution < 1.29 is 19.5 Å². The summed E-state index contributed by atoms with van der Waals surface area (Å²) in [6.45, 7) is 1.80. The van der Waals surface area contributed by atoms with E-state index in [4.69, 9.17) is 5.73 Å². The van der Waals surface area contributed by atoms with E-state index in [0.29, 0.717) is 32.5 Å². The fourth-order valence-electron chi connectivity index (χ4n) is 5.14. The van der Waals surface area contributed by atoms with Crippen molar-refractivity contribution in [1.29, 1.82) is 0 Å². The number of phenolic OH excluding ortho intramolecular Hbond substituents is 1. The van der Waals surface area contributed by atoms with Crippen LogP contribution in [0.3, 0.4) is 0 Å². The van der Waals surface area contributed by atoms with Crippen molar-refractivity contribution in [3.63, 3.8) is 0 Å². The van der Waals surface area contributed by atoms with Gasteiger partial charge in [0.15, 0.2) is 0 Å². The second-order valence-electron chi connectivity index (χ2n) is 8.47. The van der Waals surface area contributed by atoms with Crippen LogP contribution >= 0.6 is 0 Å². The van der Waals surface area contributed by atoms with Gasteiger partial charge in [-0.1, -0.05) is 18.6 Å². The molecule has 0 unspecified atom stereocenters. The Labute approximate surface area is 176 Å². The molecule has 3 fully saturated rings. The normalized spacial score (nSPS) is 27.9. The van der Waals surface area contributed by atoms with Gasteiger partial charge in [-0.2, -0.15) is 0 Å². The monoisotopic (exact) mass is 414 g/mol. The Hall–Kier alpha value is -2.61. The summed E-state index contributed by atoms with van der Waals surface area (Å²) >= 11 is 0. The molecule has 30 heavy (non-hydrogen) atoms. The van der Waals surface area contributed by atoms with Gasteiger partial charge in [0.1, 0.15) is 17.8 Å². The van der Waals surface area contributed by atoms with Crippen LogP contribution in [0.15, 0.2) is 24.3 Å². The minimum absolute atomic E-state index is 0.0425. The fourth-order valence-corrected chi connectivity index (χ4v) is 5.14. The second kappa shape index (κ2) is 8.63. The molecule has 3 saturated heterocycles. The Bertz CT molecular complexity index is 812. The fraction of sp³-hybridized carbons (Fsp3) is 0.591. The topological polar surface area (TPSA) is 116 Å². The number of nitrogens with zero attached hydrogens (tertiary/aromatic N) is 2. The third kappa shape index (κ3) is 3.64. The van der Waals surface area contributed by atoms with Gasteiger partial charge in [-0.3, -0.25) is 14.4 Å². The zero-order valence-electron chi connectivity index (χ0n) is 17.1. The first-order chi connectivity index (χ1) is 14.5. The summed E-state index contributed by atoms with van der Waals surface area (Å²) in [5.41, 5.74) is 6.29. The molecule has 4 N–H and O–H groups in total. The van der Waals surface area contributed by atoms with Gasteiger partial charge in [0.2, 0.25) is 17.7 Å². The number of nitrogens with one attached hydrogen (secondary N) is 1. The summed E-state index contributed by atoms with van der Waals surface area (Å²) in [6, 6.07) is 5.08. The molecule has 0 bridgehead atoms. The van der Waals surface area contributed by atoms with Gasteiger partial charge >= 0.3 is 0 Å². The highest BCUT2D eigenvalue weighted by Crippen LogP contribution is 2.46. The second-order valence-corrected chi connectivity index (χ2v) is 8.47. The van der Waals surface area contributed by atoms with Crippen LogP contribution in [-0.4, -0.2) is 64.3 Å². The van der Waals surface area contributed by atoms with Gasteiger partial charge in [0, 0.05) is 13.1 Å². The van der Waals surface area contributed by atoms with Crippen LogP contribution in [-0.2, 0) is 14.4 Å². The van der Waals surface area contributed by atoms with Crippen LogP contribution in [0.2, 0.25) is 0 Å². The van der Waals surface area contributed by atoms with Crippen LogP contribution in [0.1, 0.15) is 50.1 Å². The van der Waals surface area contributed by atoms with E-state index in [1.165, 1.54) is 0 Å². The highest BCUT2D eigenvalue weighted by molar-refractivity contribution is 5.99. The number of aromatic hydroxyl groups is 1. The van der Waals surface area contributed by atoms with Crippen molar-refractivity contribution in [2.75, 3.05) is 19.6 Å². The molecule has 162 valence electrons. The number of rotatable bonds is 7. The molecule has 3 amide bonds. The molecule has 1 aromatic rings. The summed E-state index contributed by atoms with van der Waals surface area (Å²) in [5, 5.41) is 12.7. The summed E-state index contributed by atoms with van der Waals surface area (Å²) < 4.78 is 0. The number of unbranched alkanes of at least 4 members (excludes halogenated alkanes) is 2. The van der Waals surface area contributed by atoms with E-state index in [1.54, 1.807) is 34.1 Å². The number of piperazine rings is 1. The predicted octanol–water partition coefficient (Wildman–Crippen LogP) is 0.900. The van der Waals surface area contributed by atoms with Gasteiger partial charge in [-0.05, 0) is 56.3 Å². The van der Waals surface area contributed by atoms with Crippen LogP contribution in [0.5, 0.6) is 5.75 Å². The van der Waals surface area contributed by atoms with E-state index in [0.717, 1.165) is 31.2 Å². The summed E-state index contributed by atoms with van der Waals surface area (Å²) in [6.07, 6.45) is 4.55. The number of benzene rings is 1. The zero-order valence-corrected chi connectivity index (χ0v) is 17.1. The average molecular weight is 415 g/mol. The van der Waals surface area contributed by atoms with Crippen LogP contribution in [0.25, 0.3) is 0 Å². The Balaban J connectivity index is 1.59. The molecule has 4 rings (SSSR count). The first-order valence-corrected chi connectivity index (χ1v) is 10.9. The Morgan fingerprint density at radius 3 is 2.60 bits per heavy atom. The number of nitrogens with two attached hydrogens (primary N) is 1. The molecule has 8 nitrogen and oxygen atoms in total. The van der Waals surface area contributed by atoms with Crippen molar-refractivity contribution in [3.05, 3.63) is 29.8 Å². The molecule has 4 atom stereocenters. The first kappa shape index (κ1) is 20.7. The van der Waals surface area contributed by atoms with Gasteiger partial charge in [0.05, 0.1) is 12.0 Å². The maximum atomic E-state index is 13.3. The molecule has 0 aliphatic carbocycles. The molecule has 3 aliphatic rings. The van der Waals surface area contributed by atoms with Gasteiger partial charge in [-0.25, -0.2) is 0 Å². The van der Waals surface area contributed by atoms with E-state index >= 15 is 0 Å². The van der Waals surface area contributed by atoms with Crippen molar-refractivity contribution in [2.45, 2.75) is 56.7 Å². The van der Waals surface area contributed by atoms with Gasteiger partial charge in [-0.15, -0.1) is 0 Å². The van der Waals surface area contributed by atoms with Crippen molar-refractivity contribution in [2.24, 2.45) is 11.7 Å². The number of amides is 3. The highest BCUT2D eigenvalue weighted by atomic mass is 16.3. The van der Waals surface area contributed by atoms with Crippen molar-refractivity contribution in [3.8, 4) is 5.75 Å². The summed E-state index contributed by atoms with van der Waals surface area (Å²) in [5.74, 6) is -0.609. The Morgan fingerprint density at radius 2 is 1.87 bits per heavy atom. The van der Waals surface area contributed by atoms with E-state index < -0.39 is 24.0 Å². The number of hydrogen-bond acceptors (Lipinski definition) is 5. The first-order valence-electron chi connectivity index (χ1n) is 10.9. The van der Waals surface area contributed by atoms with Crippen molar-refractivity contribution >= 4 is 17.7 Å². The zero-order chi connectivity index (χ0) is 21.3. The quantitative estimate of drug-likeness (QED) is 0.574. The molecule has 0 spiro atoms. The van der Waals surface area contributed by atoms with E-state index in [9.17, 15) is 19.5 Å². The third-order valence-electron chi connectivity index (χ3n) is 6.61. The Kier molecular flexibility index (Phi) is 5.94. The number of carbonyl (C=O) groups excluding carboxylic acids is 3. The number of hydrogen-bond donors (Lipinski definition) is 3. The molecule has 3 aliphatic heterocycles. The molecule has 3 heterocycles. The van der Waals surface area contributed by atoms with Gasteiger partial charge in [0.25, 0.3) is 0 Å². The van der Waals surface area contributed by atoms with Crippen LogP contribution < -0.4 is 11.1 Å². The number of phenols is 1. The van der Waals surface area contributed by atoms with E-state index in [-0.39, 0.29) is 23.5 Å². The standard InChI is InChI=1S/C22H30N4O4/c23-10-2-1-3-11-24-20(28)16-13-18-21(29)25-12-4-5-17(25)22(30)26(18)19(16)14-6-8-15(27)9-7-14/h6-9,16-19,27H,1-5,10-13,23H2,(H,24,28)/t16-,17-,18-,19-/m0/s1. The predicted molar refractivity (Wildman–Crippen MR) is 110 cm³/mol. The molecular formula is C22H30N4O4. The SMILES string of the molecule is NCCCCCNC(=O)[C@H]1C[C@H]2C(=O)N3CCC[C@H]3C(=O)N2[C@H]1c1ccc(O)cc1. The molecule has 0 saturated carbocycles. The lowest BCUT2D eigenvalue weighted by Crippen LogP contribution is -2.60. The Morgan fingerprint density at radius 1 is 1.10 bits per heavy atom. The third-order valence-corrected chi connectivity index (χ3v) is 6.61. The molecule has 8 heteroatoms. The highest BCUT2D eigenvalue weighted by Gasteiger charge is 2.57. The largest absolute Gasteiger partial charge is 0.508 e. The smallest absolute Gasteiger partial charge is 0.246 e. The number of fused-ring (bicyclic) bond motifs is 2. The van der Waals surface area contributed by atoms with Crippen LogP contribution in [0, 0.1) is 5.92 Å². The maximum Gasteiger partial charge on any atom is 0.246 e. The van der Waals surface area contributed by atoms with Crippen LogP contribution in [0.4, 0.5) is 0 Å². The molecular weight excluding hydrogens is 384 g/mol. The minimum Gasteiger partial charge on any atom is -0.508 e. The lowest BCUT2D eigenvalue weighted by atomic mass is 9.92. The average Bonchev–Trinajstić information content (AvgIpc) is 3.38. The lowest BCUT2D eigenvalue weighted by molar-refractivity contribution is -0.159. The van der Waals surface area contributed by atoms with E-state index in [1.807, 2.05) is 0 Å². The lowest BCUT2D eigenvalue weighted by Gasteiger charge is -2.41. The summed E-state index contributed by atoms with van der Waals surface area (Å²) in [4.78, 5) is 42.9. The molecule has 1 aromatic carbocycles. The molecule has 0 aromatic heterocycles. The maximum absolute atomic E-state index is 13.3. The summed E-state index contributed by atoms with van der Waals surface area (Å²) in [7, 11) is 0.